The summed E-state index contributed by atoms with van der Waals surface area (Å²) in [6, 6.07) is 0. The van der Waals surface area contributed by atoms with Gasteiger partial charge in [0.25, 0.3) is 0 Å². The second-order valence-electron chi connectivity index (χ2n) is 3.36. The van der Waals surface area contributed by atoms with E-state index in [2.05, 4.69) is 0 Å². The van der Waals surface area contributed by atoms with E-state index in [-0.39, 0.29) is 5.78 Å². The summed E-state index contributed by atoms with van der Waals surface area (Å²) in [5, 5.41) is 0. The molecule has 0 aromatic carbocycles. The first kappa shape index (κ1) is 9.68. The van der Waals surface area contributed by atoms with Gasteiger partial charge in [0, 0.05) is 0 Å². The molecule has 0 spiro atoms. The van der Waals surface area contributed by atoms with Crippen LogP contribution in [0.1, 0.15) is 12.8 Å². The standard InChI is InChI=1S/C10H14O4/c11-10(8-3-1-2-4-13-8)9-7-12-5-6-14-9/h3,9H,1-2,4-7H2. The normalized spacial score (nSPS) is 27.7. The van der Waals surface area contributed by atoms with Gasteiger partial charge in [-0.15, -0.1) is 0 Å². The fourth-order valence-electron chi connectivity index (χ4n) is 1.53. The van der Waals surface area contributed by atoms with E-state index in [1.54, 1.807) is 0 Å². The van der Waals surface area contributed by atoms with E-state index >= 15 is 0 Å². The zero-order valence-corrected chi connectivity index (χ0v) is 8.03. The molecular formula is C10H14O4. The van der Waals surface area contributed by atoms with Crippen LogP contribution >= 0.6 is 0 Å². The van der Waals surface area contributed by atoms with E-state index in [1.165, 1.54) is 0 Å². The number of allylic oxidation sites excluding steroid dienone is 1. The molecule has 0 saturated carbocycles. The first-order chi connectivity index (χ1) is 6.88. The fraction of sp³-hybridized carbons (Fsp3) is 0.700. The topological polar surface area (TPSA) is 44.8 Å². The molecule has 2 aliphatic heterocycles. The number of Topliss-reactive ketones (excluding diaryl/α,β-unsaturated/α-hetero) is 1. The lowest BCUT2D eigenvalue weighted by atomic mass is 10.1. The highest BCUT2D eigenvalue weighted by Gasteiger charge is 2.27. The van der Waals surface area contributed by atoms with E-state index < -0.39 is 6.10 Å². The third kappa shape index (κ3) is 2.13. The van der Waals surface area contributed by atoms with Crippen molar-refractivity contribution in [2.75, 3.05) is 26.4 Å². The summed E-state index contributed by atoms with van der Waals surface area (Å²) in [7, 11) is 0. The van der Waals surface area contributed by atoms with Crippen molar-refractivity contribution in [1.82, 2.24) is 0 Å². The minimum Gasteiger partial charge on any atom is -0.490 e. The number of carbonyl (C=O) groups is 1. The summed E-state index contributed by atoms with van der Waals surface area (Å²) >= 11 is 0. The number of ether oxygens (including phenoxy) is 3. The molecule has 14 heavy (non-hydrogen) atoms. The fourth-order valence-corrected chi connectivity index (χ4v) is 1.53. The highest BCUT2D eigenvalue weighted by Crippen LogP contribution is 2.15. The van der Waals surface area contributed by atoms with Crippen molar-refractivity contribution in [2.45, 2.75) is 18.9 Å². The first-order valence-electron chi connectivity index (χ1n) is 4.94. The monoisotopic (exact) mass is 198 g/mol. The van der Waals surface area contributed by atoms with Crippen LogP contribution in [-0.2, 0) is 19.0 Å². The zero-order chi connectivity index (χ0) is 9.80. The Kier molecular flexibility index (Phi) is 3.16. The maximum absolute atomic E-state index is 11.8. The highest BCUT2D eigenvalue weighted by molar-refractivity contribution is 5.97. The van der Waals surface area contributed by atoms with E-state index in [9.17, 15) is 4.79 Å². The van der Waals surface area contributed by atoms with E-state index in [0.717, 1.165) is 12.8 Å². The molecule has 1 unspecified atom stereocenters. The Morgan fingerprint density at radius 1 is 1.36 bits per heavy atom. The van der Waals surface area contributed by atoms with Crippen LogP contribution in [0.4, 0.5) is 0 Å². The highest BCUT2D eigenvalue weighted by atomic mass is 16.6. The summed E-state index contributed by atoms with van der Waals surface area (Å²) in [5.74, 6) is 0.371. The lowest BCUT2D eigenvalue weighted by Crippen LogP contribution is -2.37. The molecule has 2 rings (SSSR count). The third-order valence-corrected chi connectivity index (χ3v) is 2.29. The molecule has 4 heteroatoms. The van der Waals surface area contributed by atoms with E-state index in [0.29, 0.717) is 32.2 Å². The molecule has 0 radical (unpaired) electrons. The molecule has 2 heterocycles. The van der Waals surface area contributed by atoms with Gasteiger partial charge in [-0.3, -0.25) is 4.79 Å². The number of ketones is 1. The predicted molar refractivity (Wildman–Crippen MR) is 48.8 cm³/mol. The molecule has 0 bridgehead atoms. The molecule has 0 aromatic rings. The van der Waals surface area contributed by atoms with Crippen LogP contribution in [0.15, 0.2) is 11.8 Å². The third-order valence-electron chi connectivity index (χ3n) is 2.29. The zero-order valence-electron chi connectivity index (χ0n) is 8.03. The Hall–Kier alpha value is -0.870. The Labute approximate surface area is 82.8 Å². The summed E-state index contributed by atoms with van der Waals surface area (Å²) in [5.41, 5.74) is 0. The smallest absolute Gasteiger partial charge is 0.228 e. The van der Waals surface area contributed by atoms with Gasteiger partial charge in [-0.25, -0.2) is 0 Å². The van der Waals surface area contributed by atoms with Crippen molar-refractivity contribution in [3.8, 4) is 0 Å². The molecular weight excluding hydrogens is 184 g/mol. The van der Waals surface area contributed by atoms with Gasteiger partial charge in [-0.1, -0.05) is 0 Å². The van der Waals surface area contributed by atoms with Gasteiger partial charge in [0.15, 0.2) is 5.76 Å². The predicted octanol–water partition coefficient (Wildman–Crippen LogP) is 0.665. The average Bonchev–Trinajstić information content (AvgIpc) is 2.30. The largest absolute Gasteiger partial charge is 0.490 e. The molecule has 4 nitrogen and oxygen atoms in total. The van der Waals surface area contributed by atoms with E-state index in [1.807, 2.05) is 6.08 Å². The SMILES string of the molecule is O=C(C1=CCCCO1)C1COCCO1. The lowest BCUT2D eigenvalue weighted by Gasteiger charge is -2.23. The Bertz CT molecular complexity index is 241. The van der Waals surface area contributed by atoms with Crippen LogP contribution in [-0.4, -0.2) is 38.3 Å². The molecule has 78 valence electrons. The van der Waals surface area contributed by atoms with Gasteiger partial charge < -0.3 is 14.2 Å². The molecule has 1 atom stereocenters. The second-order valence-corrected chi connectivity index (χ2v) is 3.36. The van der Waals surface area contributed by atoms with Crippen LogP contribution in [0, 0.1) is 0 Å². The Morgan fingerprint density at radius 3 is 2.93 bits per heavy atom. The molecule has 2 aliphatic rings. The van der Waals surface area contributed by atoms with Gasteiger partial charge in [0.2, 0.25) is 5.78 Å². The quantitative estimate of drug-likeness (QED) is 0.654. The van der Waals surface area contributed by atoms with Crippen molar-refractivity contribution in [3.05, 3.63) is 11.8 Å². The number of hydrogen-bond donors (Lipinski definition) is 0. The van der Waals surface area contributed by atoms with Gasteiger partial charge in [-0.2, -0.15) is 0 Å². The number of carbonyl (C=O) groups excluding carboxylic acids is 1. The Morgan fingerprint density at radius 2 is 2.29 bits per heavy atom. The van der Waals surface area contributed by atoms with Crippen molar-refractivity contribution in [2.24, 2.45) is 0 Å². The van der Waals surface area contributed by atoms with Crippen molar-refractivity contribution in [3.63, 3.8) is 0 Å². The minimum atomic E-state index is -0.465. The second kappa shape index (κ2) is 4.57. The maximum atomic E-state index is 11.8. The average molecular weight is 198 g/mol. The first-order valence-corrected chi connectivity index (χ1v) is 4.94. The lowest BCUT2D eigenvalue weighted by molar-refractivity contribution is -0.145. The van der Waals surface area contributed by atoms with Crippen molar-refractivity contribution in [1.29, 1.82) is 0 Å². The molecule has 1 saturated heterocycles. The van der Waals surface area contributed by atoms with Crippen molar-refractivity contribution >= 4 is 5.78 Å². The van der Waals surface area contributed by atoms with Gasteiger partial charge in [-0.05, 0) is 18.9 Å². The summed E-state index contributed by atoms with van der Waals surface area (Å²) in [6.45, 7) is 2.04. The van der Waals surface area contributed by atoms with Crippen LogP contribution in [0.25, 0.3) is 0 Å². The van der Waals surface area contributed by atoms with Crippen LogP contribution in [0.2, 0.25) is 0 Å². The maximum Gasteiger partial charge on any atom is 0.228 e. The van der Waals surface area contributed by atoms with Gasteiger partial charge in [0.1, 0.15) is 6.10 Å². The van der Waals surface area contributed by atoms with Crippen molar-refractivity contribution < 1.29 is 19.0 Å². The molecule has 0 amide bonds. The molecule has 0 aliphatic carbocycles. The Balaban J connectivity index is 1.95. The van der Waals surface area contributed by atoms with Gasteiger partial charge >= 0.3 is 0 Å². The number of hydrogen-bond acceptors (Lipinski definition) is 4. The van der Waals surface area contributed by atoms with Gasteiger partial charge in [0.05, 0.1) is 26.4 Å². The summed E-state index contributed by atoms with van der Waals surface area (Å²) < 4.78 is 15.7. The van der Waals surface area contributed by atoms with Crippen LogP contribution in [0.3, 0.4) is 0 Å². The van der Waals surface area contributed by atoms with Crippen LogP contribution in [0.5, 0.6) is 0 Å². The summed E-state index contributed by atoms with van der Waals surface area (Å²) in [6.07, 6.45) is 3.27. The van der Waals surface area contributed by atoms with E-state index in [4.69, 9.17) is 14.2 Å². The minimum absolute atomic E-state index is 0.0793. The molecule has 0 aromatic heterocycles. The molecule has 0 N–H and O–H groups in total. The molecule has 1 fully saturated rings. The van der Waals surface area contributed by atoms with Crippen LogP contribution < -0.4 is 0 Å². The summed E-state index contributed by atoms with van der Waals surface area (Å²) in [4.78, 5) is 11.8. The number of rotatable bonds is 2.